The third-order valence-corrected chi connectivity index (χ3v) is 4.52. The Labute approximate surface area is 150 Å². The van der Waals surface area contributed by atoms with Crippen LogP contribution in [0.2, 0.25) is 5.02 Å². The molecule has 2 atom stereocenters. The van der Waals surface area contributed by atoms with Crippen LogP contribution in [0.15, 0.2) is 42.6 Å². The largest absolute Gasteiger partial charge is 0.477 e. The van der Waals surface area contributed by atoms with Gasteiger partial charge in [0.15, 0.2) is 0 Å². The Morgan fingerprint density at radius 2 is 2.08 bits per heavy atom. The number of pyridine rings is 1. The fraction of sp³-hybridized carbons (Fsp3) is 0.278. The van der Waals surface area contributed by atoms with Crippen LogP contribution in [-0.4, -0.2) is 46.1 Å². The molecule has 1 N–H and O–H groups in total. The molecule has 0 radical (unpaired) electrons. The molecule has 0 bridgehead atoms. The fourth-order valence-corrected chi connectivity index (χ4v) is 3.07. The van der Waals surface area contributed by atoms with Crippen LogP contribution in [0.5, 0.6) is 0 Å². The maximum Gasteiger partial charge on any atom is 0.354 e. The number of carbonyl (C=O) groups is 2. The Bertz CT molecular complexity index is 811. The smallest absolute Gasteiger partial charge is 0.354 e. The van der Waals surface area contributed by atoms with Crippen LogP contribution in [0.1, 0.15) is 39.4 Å². The molecule has 25 heavy (non-hydrogen) atoms. The molecule has 1 amide bonds. The first-order valence-electron chi connectivity index (χ1n) is 7.83. The van der Waals surface area contributed by atoms with Crippen molar-refractivity contribution in [3.8, 4) is 0 Å². The number of aromatic carboxylic acids is 1. The molecule has 3 rings (SSSR count). The molecule has 1 aliphatic heterocycles. The number of hydrogen-bond donors (Lipinski definition) is 1. The molecule has 7 heteroatoms. The summed E-state index contributed by atoms with van der Waals surface area (Å²) in [6, 6.07) is 10.0. The maximum atomic E-state index is 12.9. The quantitative estimate of drug-likeness (QED) is 0.910. The second-order valence-electron chi connectivity index (χ2n) is 5.88. The normalized spacial score (nSPS) is 20.3. The predicted octanol–water partition coefficient (Wildman–Crippen LogP) is 3.04. The van der Waals surface area contributed by atoms with Crippen molar-refractivity contribution in [1.82, 2.24) is 9.88 Å². The third-order valence-electron chi connectivity index (χ3n) is 4.17. The van der Waals surface area contributed by atoms with Crippen molar-refractivity contribution < 1.29 is 19.4 Å². The average molecular weight is 361 g/mol. The lowest BCUT2D eigenvalue weighted by atomic mass is 10.0. The first kappa shape index (κ1) is 17.4. The molecule has 0 spiro atoms. The van der Waals surface area contributed by atoms with Gasteiger partial charge in [0.1, 0.15) is 11.8 Å². The van der Waals surface area contributed by atoms with Crippen LogP contribution < -0.4 is 0 Å². The van der Waals surface area contributed by atoms with Gasteiger partial charge in [-0.2, -0.15) is 0 Å². The minimum absolute atomic E-state index is 0.132. The van der Waals surface area contributed by atoms with Crippen LogP contribution in [-0.2, 0) is 4.74 Å². The van der Waals surface area contributed by atoms with Gasteiger partial charge in [-0.05, 0) is 25.1 Å². The number of halogens is 1. The second-order valence-corrected chi connectivity index (χ2v) is 6.29. The van der Waals surface area contributed by atoms with E-state index in [2.05, 4.69) is 4.98 Å². The number of amides is 1. The molecule has 6 nitrogen and oxygen atoms in total. The van der Waals surface area contributed by atoms with E-state index in [1.54, 1.807) is 11.0 Å². The molecule has 0 saturated carbocycles. The molecule has 2 aromatic rings. The van der Waals surface area contributed by atoms with Gasteiger partial charge in [0.25, 0.3) is 5.91 Å². The van der Waals surface area contributed by atoms with Gasteiger partial charge < -0.3 is 14.7 Å². The van der Waals surface area contributed by atoms with Crippen LogP contribution >= 0.6 is 11.6 Å². The predicted molar refractivity (Wildman–Crippen MR) is 91.8 cm³/mol. The molecular weight excluding hydrogens is 344 g/mol. The van der Waals surface area contributed by atoms with Gasteiger partial charge in [-0.15, -0.1) is 0 Å². The molecule has 2 unspecified atom stereocenters. The topological polar surface area (TPSA) is 79.7 Å². The highest BCUT2D eigenvalue weighted by molar-refractivity contribution is 6.31. The van der Waals surface area contributed by atoms with Crippen LogP contribution in [0.4, 0.5) is 0 Å². The van der Waals surface area contributed by atoms with Crippen LogP contribution in [0.3, 0.4) is 0 Å². The monoisotopic (exact) mass is 360 g/mol. The zero-order valence-electron chi connectivity index (χ0n) is 13.6. The lowest BCUT2D eigenvalue weighted by Gasteiger charge is -2.38. The first-order valence-corrected chi connectivity index (χ1v) is 8.21. The van der Waals surface area contributed by atoms with Gasteiger partial charge in [-0.3, -0.25) is 4.79 Å². The number of nitrogens with zero attached hydrogens (tertiary/aromatic N) is 2. The van der Waals surface area contributed by atoms with E-state index in [0.717, 1.165) is 5.56 Å². The number of carboxylic acid groups (broad SMARTS) is 1. The summed E-state index contributed by atoms with van der Waals surface area (Å²) in [7, 11) is 0. The highest BCUT2D eigenvalue weighted by atomic mass is 35.5. The van der Waals surface area contributed by atoms with E-state index < -0.39 is 5.97 Å². The van der Waals surface area contributed by atoms with Crippen molar-refractivity contribution in [3.05, 3.63) is 64.4 Å². The number of ether oxygens (including phenoxy) is 1. The third kappa shape index (κ3) is 3.65. The van der Waals surface area contributed by atoms with E-state index in [1.165, 1.54) is 18.3 Å². The van der Waals surface area contributed by atoms with Crippen molar-refractivity contribution in [2.75, 3.05) is 13.2 Å². The van der Waals surface area contributed by atoms with Crippen molar-refractivity contribution in [2.45, 2.75) is 19.1 Å². The Morgan fingerprint density at radius 3 is 2.80 bits per heavy atom. The van der Waals surface area contributed by atoms with Crippen LogP contribution in [0, 0.1) is 0 Å². The minimum Gasteiger partial charge on any atom is -0.477 e. The summed E-state index contributed by atoms with van der Waals surface area (Å²) in [5, 5.41) is 9.64. The average Bonchev–Trinajstić information content (AvgIpc) is 2.62. The SMILES string of the molecule is CC1COC(c2ccccc2Cl)CN1C(=O)c1ccnc(C(=O)O)c1. The first-order chi connectivity index (χ1) is 12.0. The number of hydrogen-bond acceptors (Lipinski definition) is 4. The maximum absolute atomic E-state index is 12.9. The molecule has 1 saturated heterocycles. The van der Waals surface area contributed by atoms with Crippen molar-refractivity contribution in [3.63, 3.8) is 0 Å². The summed E-state index contributed by atoms with van der Waals surface area (Å²) >= 11 is 6.24. The highest BCUT2D eigenvalue weighted by Gasteiger charge is 2.32. The zero-order chi connectivity index (χ0) is 18.0. The zero-order valence-corrected chi connectivity index (χ0v) is 14.3. The van der Waals surface area contributed by atoms with Gasteiger partial charge in [0.2, 0.25) is 0 Å². The summed E-state index contributed by atoms with van der Waals surface area (Å²) in [5.74, 6) is -1.42. The van der Waals surface area contributed by atoms with E-state index in [0.29, 0.717) is 23.7 Å². The number of morpholine rings is 1. The van der Waals surface area contributed by atoms with Gasteiger partial charge in [-0.1, -0.05) is 29.8 Å². The lowest BCUT2D eigenvalue weighted by molar-refractivity contribution is -0.0486. The standard InChI is InChI=1S/C18H17ClN2O4/c1-11-10-25-16(13-4-2-3-5-14(13)19)9-21(11)17(22)12-6-7-20-15(8-12)18(23)24/h2-8,11,16H,9-10H2,1H3,(H,23,24). The molecule has 1 aromatic heterocycles. The van der Waals surface area contributed by atoms with E-state index in [1.807, 2.05) is 25.1 Å². The molecule has 130 valence electrons. The Balaban J connectivity index is 1.85. The number of carboxylic acids is 1. The van der Waals surface area contributed by atoms with Gasteiger partial charge in [0, 0.05) is 22.3 Å². The van der Waals surface area contributed by atoms with E-state index >= 15 is 0 Å². The fourth-order valence-electron chi connectivity index (χ4n) is 2.81. The molecular formula is C18H17ClN2O4. The molecule has 2 heterocycles. The molecule has 0 aliphatic carbocycles. The van der Waals surface area contributed by atoms with E-state index in [9.17, 15) is 9.59 Å². The summed E-state index contributed by atoms with van der Waals surface area (Å²) in [6.07, 6.45) is 1.00. The lowest BCUT2D eigenvalue weighted by Crippen LogP contribution is -2.48. The van der Waals surface area contributed by atoms with Gasteiger partial charge >= 0.3 is 5.97 Å². The molecule has 1 fully saturated rings. The van der Waals surface area contributed by atoms with E-state index in [-0.39, 0.29) is 23.7 Å². The summed E-state index contributed by atoms with van der Waals surface area (Å²) < 4.78 is 5.85. The number of carbonyl (C=O) groups excluding carboxylic acids is 1. The second kappa shape index (κ2) is 7.21. The van der Waals surface area contributed by atoms with E-state index in [4.69, 9.17) is 21.4 Å². The molecule has 1 aliphatic rings. The number of rotatable bonds is 3. The Hall–Kier alpha value is -2.44. The van der Waals surface area contributed by atoms with Crippen LogP contribution in [0.25, 0.3) is 0 Å². The van der Waals surface area contributed by atoms with Gasteiger partial charge in [-0.25, -0.2) is 9.78 Å². The Kier molecular flexibility index (Phi) is 5.01. The summed E-state index contributed by atoms with van der Waals surface area (Å²) in [6.45, 7) is 2.60. The number of aromatic nitrogens is 1. The minimum atomic E-state index is -1.17. The molecule has 1 aromatic carbocycles. The van der Waals surface area contributed by atoms with Crippen molar-refractivity contribution >= 4 is 23.5 Å². The Morgan fingerprint density at radius 1 is 1.32 bits per heavy atom. The van der Waals surface area contributed by atoms with Gasteiger partial charge in [0.05, 0.1) is 19.2 Å². The van der Waals surface area contributed by atoms with Crippen molar-refractivity contribution in [1.29, 1.82) is 0 Å². The highest BCUT2D eigenvalue weighted by Crippen LogP contribution is 2.30. The van der Waals surface area contributed by atoms with Crippen molar-refractivity contribution in [2.24, 2.45) is 0 Å². The number of benzene rings is 1. The summed E-state index contributed by atoms with van der Waals surface area (Å²) in [4.78, 5) is 29.4. The summed E-state index contributed by atoms with van der Waals surface area (Å²) in [5.41, 5.74) is 0.961.